The molecular formula is C17H28N2O4S. The van der Waals surface area contributed by atoms with Crippen molar-refractivity contribution in [2.45, 2.75) is 45.1 Å². The summed E-state index contributed by atoms with van der Waals surface area (Å²) in [5.41, 5.74) is 0.384. The number of fused-ring (bicyclic) bond motifs is 1. The van der Waals surface area contributed by atoms with Crippen LogP contribution in [0.25, 0.3) is 0 Å². The maximum absolute atomic E-state index is 11.9. The number of nitrogens with zero attached hydrogens (tertiary/aromatic N) is 1. The fourth-order valence-corrected chi connectivity index (χ4v) is 5.90. The normalized spacial score (nSPS) is 34.9. The molecule has 3 unspecified atom stereocenters. The van der Waals surface area contributed by atoms with E-state index < -0.39 is 12.1 Å². The van der Waals surface area contributed by atoms with E-state index in [1.807, 2.05) is 4.90 Å². The minimum absolute atomic E-state index is 0.0246. The zero-order valence-electron chi connectivity index (χ0n) is 14.6. The van der Waals surface area contributed by atoms with Crippen molar-refractivity contribution >= 4 is 17.7 Å². The summed E-state index contributed by atoms with van der Waals surface area (Å²) in [5, 5.41) is 23.2. The molecule has 0 saturated carbocycles. The molecule has 0 bridgehead atoms. The third-order valence-electron chi connectivity index (χ3n) is 5.67. The van der Waals surface area contributed by atoms with Gasteiger partial charge in [0.15, 0.2) is 0 Å². The third-order valence-corrected chi connectivity index (χ3v) is 7.19. The van der Waals surface area contributed by atoms with Gasteiger partial charge in [-0.25, -0.2) is 4.79 Å². The Hall–Kier alpha value is -0.760. The first-order chi connectivity index (χ1) is 11.5. The molecule has 3 aliphatic heterocycles. The van der Waals surface area contributed by atoms with Gasteiger partial charge in [0.05, 0.1) is 12.0 Å². The molecule has 0 aromatic rings. The number of carboxylic acids is 1. The average molecular weight is 356 g/mol. The lowest BCUT2D eigenvalue weighted by atomic mass is 9.78. The summed E-state index contributed by atoms with van der Waals surface area (Å²) in [5.74, 6) is 0.800. The van der Waals surface area contributed by atoms with Crippen LogP contribution in [-0.4, -0.2) is 65.4 Å². The number of hydrogen-bond acceptors (Lipinski definition) is 6. The molecule has 2 fully saturated rings. The van der Waals surface area contributed by atoms with Gasteiger partial charge in [0, 0.05) is 29.7 Å². The first kappa shape index (κ1) is 18.0. The van der Waals surface area contributed by atoms with E-state index in [0.717, 1.165) is 36.6 Å². The summed E-state index contributed by atoms with van der Waals surface area (Å²) in [7, 11) is 1.58. The molecule has 2 saturated heterocycles. The Labute approximate surface area is 147 Å². The van der Waals surface area contributed by atoms with Gasteiger partial charge in [0.2, 0.25) is 0 Å². The summed E-state index contributed by atoms with van der Waals surface area (Å²) in [4.78, 5) is 14.7. The van der Waals surface area contributed by atoms with Gasteiger partial charge in [0.25, 0.3) is 0 Å². The number of thioether (sulfide) groups is 1. The van der Waals surface area contributed by atoms with Gasteiger partial charge in [-0.05, 0) is 38.8 Å². The second kappa shape index (κ2) is 7.23. The number of aliphatic hydroxyl groups excluding tert-OH is 1. The third kappa shape index (κ3) is 2.96. The molecule has 0 aromatic heterocycles. The average Bonchev–Trinajstić information content (AvgIpc) is 2.75. The van der Waals surface area contributed by atoms with Gasteiger partial charge in [-0.2, -0.15) is 0 Å². The molecule has 3 heterocycles. The lowest BCUT2D eigenvalue weighted by Crippen LogP contribution is -2.67. The highest BCUT2D eigenvalue weighted by molar-refractivity contribution is 8.03. The number of aliphatic hydroxyl groups is 1. The van der Waals surface area contributed by atoms with Crippen molar-refractivity contribution in [3.05, 3.63) is 10.6 Å². The Kier molecular flexibility index (Phi) is 5.44. The SMILES string of the molecule is COC1C([C@H](C)O)C2[C@@H](C)C(SCC3CCNCC3)=C(C(=O)O)N12. The summed E-state index contributed by atoms with van der Waals surface area (Å²) in [6.45, 7) is 5.95. The van der Waals surface area contributed by atoms with Crippen molar-refractivity contribution in [1.29, 1.82) is 0 Å². The second-order valence-electron chi connectivity index (χ2n) is 7.15. The monoisotopic (exact) mass is 356 g/mol. The largest absolute Gasteiger partial charge is 0.477 e. The van der Waals surface area contributed by atoms with Crippen molar-refractivity contribution in [3.8, 4) is 0 Å². The van der Waals surface area contributed by atoms with Crippen LogP contribution in [0.15, 0.2) is 10.6 Å². The van der Waals surface area contributed by atoms with Crippen molar-refractivity contribution in [2.75, 3.05) is 26.0 Å². The first-order valence-corrected chi connectivity index (χ1v) is 9.76. The van der Waals surface area contributed by atoms with Crippen LogP contribution < -0.4 is 5.32 Å². The van der Waals surface area contributed by atoms with E-state index in [0.29, 0.717) is 11.6 Å². The molecule has 24 heavy (non-hydrogen) atoms. The number of ether oxygens (including phenoxy) is 1. The smallest absolute Gasteiger partial charge is 0.353 e. The van der Waals surface area contributed by atoms with Gasteiger partial charge < -0.3 is 25.2 Å². The van der Waals surface area contributed by atoms with Crippen LogP contribution in [0.5, 0.6) is 0 Å². The van der Waals surface area contributed by atoms with Crippen molar-refractivity contribution in [1.82, 2.24) is 10.2 Å². The standard InChI is InChI=1S/C17H28N2O4S/c1-9-13-12(10(2)20)16(23-3)19(13)14(17(21)22)15(9)24-8-11-4-6-18-7-5-11/h9-13,16,18,20H,4-8H2,1-3H3,(H,21,22)/t9-,10+,12?,13?,16?/m1/s1. The van der Waals surface area contributed by atoms with E-state index in [9.17, 15) is 15.0 Å². The molecule has 0 aliphatic carbocycles. The molecule has 0 amide bonds. The Bertz CT molecular complexity index is 519. The molecule has 136 valence electrons. The number of nitrogens with one attached hydrogen (secondary N) is 1. The molecule has 3 rings (SSSR count). The lowest BCUT2D eigenvalue weighted by molar-refractivity contribution is -0.206. The first-order valence-electron chi connectivity index (χ1n) is 8.77. The van der Waals surface area contributed by atoms with Crippen LogP contribution in [0, 0.1) is 17.8 Å². The fourth-order valence-electron chi connectivity index (χ4n) is 4.42. The Morgan fingerprint density at radius 1 is 1.46 bits per heavy atom. The van der Waals surface area contributed by atoms with Crippen molar-refractivity contribution < 1.29 is 19.7 Å². The van der Waals surface area contributed by atoms with Crippen LogP contribution in [0.3, 0.4) is 0 Å². The minimum atomic E-state index is -0.886. The minimum Gasteiger partial charge on any atom is -0.477 e. The summed E-state index contributed by atoms with van der Waals surface area (Å²) < 4.78 is 5.50. The lowest BCUT2D eigenvalue weighted by Gasteiger charge is -2.54. The molecule has 0 radical (unpaired) electrons. The predicted octanol–water partition coefficient (Wildman–Crippen LogP) is 1.32. The predicted molar refractivity (Wildman–Crippen MR) is 93.5 cm³/mol. The van der Waals surface area contributed by atoms with Crippen LogP contribution in [0.4, 0.5) is 0 Å². The zero-order valence-corrected chi connectivity index (χ0v) is 15.4. The number of rotatable bonds is 6. The van der Waals surface area contributed by atoms with Gasteiger partial charge >= 0.3 is 5.97 Å². The Morgan fingerprint density at radius 3 is 2.67 bits per heavy atom. The molecule has 3 N–H and O–H groups in total. The number of methoxy groups -OCH3 is 1. The fraction of sp³-hybridized carbons (Fsp3) is 0.824. The highest BCUT2D eigenvalue weighted by Gasteiger charge is 2.60. The molecule has 0 spiro atoms. The number of piperidine rings is 1. The van der Waals surface area contributed by atoms with Gasteiger partial charge in [-0.3, -0.25) is 0 Å². The van der Waals surface area contributed by atoms with E-state index in [4.69, 9.17) is 4.74 Å². The summed E-state index contributed by atoms with van der Waals surface area (Å²) in [6, 6.07) is 0.0246. The molecule has 6 nitrogen and oxygen atoms in total. The van der Waals surface area contributed by atoms with E-state index >= 15 is 0 Å². The zero-order chi connectivity index (χ0) is 17.4. The quantitative estimate of drug-likeness (QED) is 0.662. The topological polar surface area (TPSA) is 82.0 Å². The molecule has 3 aliphatic rings. The molecule has 7 heteroatoms. The Balaban J connectivity index is 1.78. The molecule has 0 aromatic carbocycles. The van der Waals surface area contributed by atoms with Crippen molar-refractivity contribution in [3.63, 3.8) is 0 Å². The Morgan fingerprint density at radius 2 is 2.12 bits per heavy atom. The van der Waals surface area contributed by atoms with E-state index in [1.54, 1.807) is 25.8 Å². The van der Waals surface area contributed by atoms with Crippen LogP contribution in [-0.2, 0) is 9.53 Å². The highest BCUT2D eigenvalue weighted by atomic mass is 32.2. The summed E-state index contributed by atoms with van der Waals surface area (Å²) >= 11 is 1.70. The van der Waals surface area contributed by atoms with Crippen LogP contribution in [0.1, 0.15) is 26.7 Å². The van der Waals surface area contributed by atoms with Gasteiger partial charge in [-0.15, -0.1) is 11.8 Å². The highest BCUT2D eigenvalue weighted by Crippen LogP contribution is 2.53. The number of aliphatic carboxylic acids is 1. The number of carboxylic acid groups (broad SMARTS) is 1. The van der Waals surface area contributed by atoms with E-state index in [2.05, 4.69) is 12.2 Å². The summed E-state index contributed by atoms with van der Waals surface area (Å²) in [6.07, 6.45) is 1.45. The van der Waals surface area contributed by atoms with E-state index in [1.165, 1.54) is 0 Å². The number of carbonyl (C=O) groups is 1. The maximum Gasteiger partial charge on any atom is 0.353 e. The maximum atomic E-state index is 11.9. The molecular weight excluding hydrogens is 328 g/mol. The molecule has 5 atom stereocenters. The second-order valence-corrected chi connectivity index (χ2v) is 8.21. The van der Waals surface area contributed by atoms with Crippen LogP contribution >= 0.6 is 11.8 Å². The van der Waals surface area contributed by atoms with Crippen molar-refractivity contribution in [2.24, 2.45) is 17.8 Å². The van der Waals surface area contributed by atoms with Gasteiger partial charge in [-0.1, -0.05) is 6.92 Å². The van der Waals surface area contributed by atoms with Crippen LogP contribution in [0.2, 0.25) is 0 Å². The number of hydrogen-bond donors (Lipinski definition) is 3. The van der Waals surface area contributed by atoms with Gasteiger partial charge in [0.1, 0.15) is 11.9 Å². The van der Waals surface area contributed by atoms with E-state index in [-0.39, 0.29) is 24.1 Å².